The lowest BCUT2D eigenvalue weighted by atomic mass is 10.1. The van der Waals surface area contributed by atoms with Crippen molar-refractivity contribution in [2.75, 3.05) is 13.2 Å². The Kier molecular flexibility index (Phi) is 4.91. The van der Waals surface area contributed by atoms with Crippen LogP contribution in [0.4, 0.5) is 0 Å². The molecule has 4 aromatic heterocycles. The van der Waals surface area contributed by atoms with E-state index in [1.807, 2.05) is 29.8 Å². The van der Waals surface area contributed by atoms with Gasteiger partial charge in [-0.25, -0.2) is 4.98 Å². The number of hydrogen-bond acceptors (Lipinski definition) is 8. The van der Waals surface area contributed by atoms with Gasteiger partial charge in [-0.05, 0) is 36.7 Å². The molecule has 0 unspecified atom stereocenters. The van der Waals surface area contributed by atoms with Crippen LogP contribution in [-0.2, 0) is 11.2 Å². The van der Waals surface area contributed by atoms with Crippen LogP contribution in [0.1, 0.15) is 29.2 Å². The van der Waals surface area contributed by atoms with Gasteiger partial charge in [0.05, 0.1) is 42.5 Å². The van der Waals surface area contributed by atoms with Crippen LogP contribution in [0.25, 0.3) is 16.7 Å². The Morgan fingerprint density at radius 3 is 2.86 bits per heavy atom. The van der Waals surface area contributed by atoms with E-state index in [-0.39, 0.29) is 6.10 Å². The zero-order chi connectivity index (χ0) is 19.6. The van der Waals surface area contributed by atoms with E-state index in [2.05, 4.69) is 20.6 Å². The average Bonchev–Trinajstić information content (AvgIpc) is 3.36. The fourth-order valence-corrected chi connectivity index (χ4v) is 4.20. The number of rotatable bonds is 5. The first-order valence-electron chi connectivity index (χ1n) is 9.58. The van der Waals surface area contributed by atoms with E-state index in [1.165, 1.54) is 11.5 Å². The molecule has 1 aliphatic heterocycles. The van der Waals surface area contributed by atoms with Gasteiger partial charge in [0.1, 0.15) is 17.4 Å². The molecular weight excluding hydrogens is 388 g/mol. The molecular formula is C20H20N6O2S. The minimum absolute atomic E-state index is 0.0827. The molecule has 0 saturated carbocycles. The molecule has 4 aromatic rings. The Hall–Kier alpha value is -2.91. The Morgan fingerprint density at radius 2 is 2.10 bits per heavy atom. The number of ether oxygens (including phenoxy) is 2. The largest absolute Gasteiger partial charge is 0.473 e. The lowest BCUT2D eigenvalue weighted by Crippen LogP contribution is -2.26. The summed E-state index contributed by atoms with van der Waals surface area (Å²) >= 11 is 1.49. The van der Waals surface area contributed by atoms with Crippen LogP contribution in [0.2, 0.25) is 0 Å². The molecule has 0 amide bonds. The van der Waals surface area contributed by atoms with Crippen LogP contribution in [0.3, 0.4) is 0 Å². The molecule has 0 aromatic carbocycles. The van der Waals surface area contributed by atoms with Gasteiger partial charge < -0.3 is 14.0 Å². The Bertz CT molecular complexity index is 1120. The van der Waals surface area contributed by atoms with Gasteiger partial charge >= 0.3 is 0 Å². The van der Waals surface area contributed by atoms with Gasteiger partial charge in [-0.1, -0.05) is 0 Å². The second-order valence-corrected chi connectivity index (χ2v) is 7.90. The van der Waals surface area contributed by atoms with Crippen LogP contribution in [0, 0.1) is 6.92 Å². The summed E-state index contributed by atoms with van der Waals surface area (Å²) in [5.74, 6) is 1.33. The Balaban J connectivity index is 1.58. The number of aromatic nitrogens is 6. The SMILES string of the molecule is Cc1cc(Cc2nc(OC3CCOCC3)c3c(ccn3-c3ccnnc3)n2)sn1. The molecule has 9 heteroatoms. The highest BCUT2D eigenvalue weighted by Crippen LogP contribution is 2.29. The molecule has 8 nitrogen and oxygen atoms in total. The van der Waals surface area contributed by atoms with Gasteiger partial charge in [-0.2, -0.15) is 19.6 Å². The van der Waals surface area contributed by atoms with Gasteiger partial charge in [-0.15, -0.1) is 0 Å². The van der Waals surface area contributed by atoms with Gasteiger partial charge in [0.25, 0.3) is 0 Å². The summed E-state index contributed by atoms with van der Waals surface area (Å²) in [6.45, 7) is 3.41. The van der Waals surface area contributed by atoms with Crippen LogP contribution in [0.5, 0.6) is 5.88 Å². The fourth-order valence-electron chi connectivity index (χ4n) is 3.47. The topological polar surface area (TPSA) is 87.8 Å². The molecule has 148 valence electrons. The number of hydrogen-bond donors (Lipinski definition) is 0. The zero-order valence-corrected chi connectivity index (χ0v) is 16.8. The number of fused-ring (bicyclic) bond motifs is 1. The summed E-state index contributed by atoms with van der Waals surface area (Å²) in [4.78, 5) is 10.7. The smallest absolute Gasteiger partial charge is 0.242 e. The van der Waals surface area contributed by atoms with Gasteiger partial charge in [0, 0.05) is 30.3 Å². The highest BCUT2D eigenvalue weighted by atomic mass is 32.1. The molecule has 0 atom stereocenters. The summed E-state index contributed by atoms with van der Waals surface area (Å²) in [6.07, 6.45) is 7.77. The molecule has 5 heterocycles. The van der Waals surface area contributed by atoms with Crippen LogP contribution >= 0.6 is 11.5 Å². The minimum atomic E-state index is 0.0827. The zero-order valence-electron chi connectivity index (χ0n) is 16.0. The summed E-state index contributed by atoms with van der Waals surface area (Å²) in [6, 6.07) is 5.96. The maximum atomic E-state index is 6.37. The van der Waals surface area contributed by atoms with E-state index < -0.39 is 0 Å². The highest BCUT2D eigenvalue weighted by Gasteiger charge is 2.21. The monoisotopic (exact) mass is 408 g/mol. The average molecular weight is 408 g/mol. The quantitative estimate of drug-likeness (QED) is 0.501. The van der Waals surface area contributed by atoms with Gasteiger partial charge in [0.15, 0.2) is 0 Å². The van der Waals surface area contributed by atoms with Gasteiger partial charge in [-0.3, -0.25) is 0 Å². The molecule has 0 aliphatic carbocycles. The predicted octanol–water partition coefficient (Wildman–Crippen LogP) is 3.12. The van der Waals surface area contributed by atoms with Crippen molar-refractivity contribution in [1.29, 1.82) is 0 Å². The standard InChI is InChI=1S/C20H20N6O2S/c1-13-10-16(29-25-13)11-18-23-17-3-7-26(14-2-6-21-22-12-14)19(17)20(24-18)28-15-4-8-27-9-5-15/h2-3,6-7,10,12,15H,4-5,8-9,11H2,1H3. The van der Waals surface area contributed by atoms with Crippen molar-refractivity contribution >= 4 is 22.6 Å². The van der Waals surface area contributed by atoms with E-state index >= 15 is 0 Å². The van der Waals surface area contributed by atoms with Crippen molar-refractivity contribution in [2.24, 2.45) is 0 Å². The first kappa shape index (κ1) is 18.1. The normalized spacial score (nSPS) is 15.1. The second kappa shape index (κ2) is 7.84. The summed E-state index contributed by atoms with van der Waals surface area (Å²) in [7, 11) is 0. The molecule has 0 N–H and O–H groups in total. The van der Waals surface area contributed by atoms with Crippen LogP contribution in [0.15, 0.2) is 36.8 Å². The predicted molar refractivity (Wildman–Crippen MR) is 109 cm³/mol. The first-order valence-corrected chi connectivity index (χ1v) is 10.4. The van der Waals surface area contributed by atoms with E-state index in [1.54, 1.807) is 12.4 Å². The summed E-state index contributed by atoms with van der Waals surface area (Å²) in [5.41, 5.74) is 3.59. The van der Waals surface area contributed by atoms with E-state index in [4.69, 9.17) is 19.4 Å². The third-order valence-corrected chi connectivity index (χ3v) is 5.73. The fraction of sp³-hybridized carbons (Fsp3) is 0.350. The van der Waals surface area contributed by atoms with Crippen molar-refractivity contribution in [3.05, 3.63) is 53.2 Å². The van der Waals surface area contributed by atoms with Crippen molar-refractivity contribution in [3.8, 4) is 11.6 Å². The van der Waals surface area contributed by atoms with Crippen LogP contribution < -0.4 is 4.74 Å². The molecule has 1 aliphatic rings. The third kappa shape index (κ3) is 3.83. The minimum Gasteiger partial charge on any atom is -0.473 e. The number of aryl methyl sites for hydroxylation is 1. The van der Waals surface area contributed by atoms with E-state index in [0.717, 1.165) is 46.0 Å². The van der Waals surface area contributed by atoms with Crippen molar-refractivity contribution in [1.82, 2.24) is 29.1 Å². The highest BCUT2D eigenvalue weighted by molar-refractivity contribution is 7.05. The van der Waals surface area contributed by atoms with E-state index in [9.17, 15) is 0 Å². The molecule has 1 fully saturated rings. The molecule has 5 rings (SSSR count). The Morgan fingerprint density at radius 1 is 1.21 bits per heavy atom. The lowest BCUT2D eigenvalue weighted by molar-refractivity contribution is 0.0242. The maximum Gasteiger partial charge on any atom is 0.242 e. The molecule has 1 saturated heterocycles. The van der Waals surface area contributed by atoms with Gasteiger partial charge in [0.2, 0.25) is 5.88 Å². The lowest BCUT2D eigenvalue weighted by Gasteiger charge is -2.23. The van der Waals surface area contributed by atoms with Crippen molar-refractivity contribution < 1.29 is 9.47 Å². The van der Waals surface area contributed by atoms with Crippen LogP contribution in [-0.4, -0.2) is 48.4 Å². The summed E-state index contributed by atoms with van der Waals surface area (Å²) in [5, 5.41) is 7.86. The molecule has 29 heavy (non-hydrogen) atoms. The van der Waals surface area contributed by atoms with E-state index in [0.29, 0.717) is 25.5 Å². The molecule has 0 bridgehead atoms. The number of nitrogens with zero attached hydrogens (tertiary/aromatic N) is 6. The maximum absolute atomic E-state index is 6.37. The summed E-state index contributed by atoms with van der Waals surface area (Å²) < 4.78 is 18.2. The Labute approximate surface area is 171 Å². The first-order chi connectivity index (χ1) is 14.3. The molecule has 0 radical (unpaired) electrons. The second-order valence-electron chi connectivity index (χ2n) is 7.01. The third-order valence-electron chi connectivity index (χ3n) is 4.85. The van der Waals surface area contributed by atoms with Crippen molar-refractivity contribution in [2.45, 2.75) is 32.3 Å². The molecule has 0 spiro atoms. The van der Waals surface area contributed by atoms with Crippen molar-refractivity contribution in [3.63, 3.8) is 0 Å².